The van der Waals surface area contributed by atoms with E-state index in [0.717, 1.165) is 20.6 Å². The Morgan fingerprint density at radius 1 is 0.950 bits per heavy atom. The Hall–Kier alpha value is -0.460. The lowest BCUT2D eigenvalue weighted by atomic mass is 10.1. The zero-order valence-corrected chi connectivity index (χ0v) is 15.1. The summed E-state index contributed by atoms with van der Waals surface area (Å²) in [6, 6.07) is 7.88. The molecule has 0 aliphatic heterocycles. The van der Waals surface area contributed by atoms with Gasteiger partial charge in [-0.3, -0.25) is 0 Å². The van der Waals surface area contributed by atoms with Gasteiger partial charge in [-0.2, -0.15) is 0 Å². The Bertz CT molecular complexity index is 647. The Labute approximate surface area is 141 Å². The standard InChI is InChI=1S/C14H10Br3F2N/c1-7(9-3-2-8(15)4-10(9)16)20-14-5-11(17)12(18)6-13(14)19/h2-7,20H,1H3. The van der Waals surface area contributed by atoms with Crippen LogP contribution in [0.15, 0.2) is 43.7 Å². The molecule has 0 heterocycles. The first-order chi connectivity index (χ1) is 9.38. The summed E-state index contributed by atoms with van der Waals surface area (Å²) in [4.78, 5) is 0. The predicted octanol–water partition coefficient (Wildman–Crippen LogP) is 6.43. The smallest absolute Gasteiger partial charge is 0.149 e. The fourth-order valence-corrected chi connectivity index (χ4v) is 3.53. The topological polar surface area (TPSA) is 12.0 Å². The van der Waals surface area contributed by atoms with E-state index in [9.17, 15) is 8.78 Å². The maximum Gasteiger partial charge on any atom is 0.149 e. The van der Waals surface area contributed by atoms with Crippen molar-refractivity contribution in [2.45, 2.75) is 13.0 Å². The van der Waals surface area contributed by atoms with Crippen LogP contribution in [0.4, 0.5) is 14.5 Å². The zero-order chi connectivity index (χ0) is 14.9. The SMILES string of the molecule is CC(Nc1cc(Br)c(F)cc1F)c1ccc(Br)cc1Br. The first-order valence-electron chi connectivity index (χ1n) is 5.74. The molecule has 0 aliphatic carbocycles. The van der Waals surface area contributed by atoms with E-state index in [1.165, 1.54) is 6.07 Å². The van der Waals surface area contributed by atoms with E-state index in [1.807, 2.05) is 25.1 Å². The van der Waals surface area contributed by atoms with Crippen molar-refractivity contribution in [2.75, 3.05) is 5.32 Å². The van der Waals surface area contributed by atoms with Crippen molar-refractivity contribution < 1.29 is 8.78 Å². The molecule has 2 rings (SSSR count). The number of benzene rings is 2. The Kier molecular flexibility index (Phi) is 5.20. The fraction of sp³-hybridized carbons (Fsp3) is 0.143. The molecule has 0 radical (unpaired) electrons. The second kappa shape index (κ2) is 6.54. The Balaban J connectivity index is 2.27. The molecule has 2 aromatic carbocycles. The molecule has 0 fully saturated rings. The highest BCUT2D eigenvalue weighted by Gasteiger charge is 2.14. The number of halogens is 5. The first-order valence-corrected chi connectivity index (χ1v) is 8.12. The Morgan fingerprint density at radius 2 is 1.65 bits per heavy atom. The molecule has 0 saturated heterocycles. The van der Waals surface area contributed by atoms with Crippen molar-refractivity contribution in [2.24, 2.45) is 0 Å². The summed E-state index contributed by atoms with van der Waals surface area (Å²) < 4.78 is 29.0. The van der Waals surface area contributed by atoms with E-state index in [2.05, 4.69) is 53.1 Å². The lowest BCUT2D eigenvalue weighted by molar-refractivity contribution is 0.579. The molecule has 0 aromatic heterocycles. The molecule has 1 nitrogen and oxygen atoms in total. The predicted molar refractivity (Wildman–Crippen MR) is 87.9 cm³/mol. The molecule has 0 aliphatic rings. The van der Waals surface area contributed by atoms with E-state index in [-0.39, 0.29) is 16.2 Å². The van der Waals surface area contributed by atoms with Crippen LogP contribution in [0.2, 0.25) is 0 Å². The maximum absolute atomic E-state index is 13.7. The molecule has 0 bridgehead atoms. The lowest BCUT2D eigenvalue weighted by Gasteiger charge is -2.18. The second-order valence-corrected chi connectivity index (χ2v) is 6.90. The number of anilines is 1. The summed E-state index contributed by atoms with van der Waals surface area (Å²) in [5.41, 5.74) is 1.23. The maximum atomic E-state index is 13.7. The normalized spacial score (nSPS) is 12.3. The molecule has 0 amide bonds. The van der Waals surface area contributed by atoms with Crippen LogP contribution >= 0.6 is 47.8 Å². The molecule has 0 saturated carbocycles. The molecular formula is C14H10Br3F2N. The van der Waals surface area contributed by atoms with Crippen LogP contribution < -0.4 is 5.32 Å². The van der Waals surface area contributed by atoms with Crippen LogP contribution in [0.5, 0.6) is 0 Å². The monoisotopic (exact) mass is 467 g/mol. The van der Waals surface area contributed by atoms with Gasteiger partial charge in [-0.1, -0.05) is 37.9 Å². The molecule has 106 valence electrons. The molecule has 6 heteroatoms. The molecule has 0 spiro atoms. The molecule has 20 heavy (non-hydrogen) atoms. The van der Waals surface area contributed by atoms with Crippen molar-refractivity contribution >= 4 is 53.5 Å². The van der Waals surface area contributed by atoms with Gasteiger partial charge in [0.25, 0.3) is 0 Å². The number of hydrogen-bond acceptors (Lipinski definition) is 1. The van der Waals surface area contributed by atoms with Crippen LogP contribution in [-0.2, 0) is 0 Å². The Morgan fingerprint density at radius 3 is 2.30 bits per heavy atom. The molecule has 2 aromatic rings. The second-order valence-electron chi connectivity index (χ2n) is 4.28. The van der Waals surface area contributed by atoms with E-state index in [0.29, 0.717) is 0 Å². The van der Waals surface area contributed by atoms with E-state index >= 15 is 0 Å². The largest absolute Gasteiger partial charge is 0.376 e. The van der Waals surface area contributed by atoms with Gasteiger partial charge in [-0.05, 0) is 46.6 Å². The quantitative estimate of drug-likeness (QED) is 0.511. The summed E-state index contributed by atoms with van der Waals surface area (Å²) >= 11 is 9.91. The van der Waals surface area contributed by atoms with Gasteiger partial charge in [-0.25, -0.2) is 8.78 Å². The fourth-order valence-electron chi connectivity index (χ4n) is 1.80. The molecular weight excluding hydrogens is 460 g/mol. The van der Waals surface area contributed by atoms with Gasteiger partial charge < -0.3 is 5.32 Å². The average molecular weight is 470 g/mol. The minimum absolute atomic E-state index is 0.135. The van der Waals surface area contributed by atoms with Crippen LogP contribution in [0.1, 0.15) is 18.5 Å². The number of nitrogens with one attached hydrogen (secondary N) is 1. The summed E-state index contributed by atoms with van der Waals surface area (Å²) in [5, 5.41) is 3.04. The summed E-state index contributed by atoms with van der Waals surface area (Å²) in [6.07, 6.45) is 0. The van der Waals surface area contributed by atoms with Gasteiger partial charge >= 0.3 is 0 Å². The third kappa shape index (κ3) is 3.59. The third-order valence-electron chi connectivity index (χ3n) is 2.81. The molecule has 1 unspecified atom stereocenters. The molecule has 1 atom stereocenters. The van der Waals surface area contributed by atoms with E-state index in [4.69, 9.17) is 0 Å². The summed E-state index contributed by atoms with van der Waals surface area (Å²) in [7, 11) is 0. The van der Waals surface area contributed by atoms with Crippen molar-refractivity contribution in [1.29, 1.82) is 0 Å². The van der Waals surface area contributed by atoms with Crippen molar-refractivity contribution in [1.82, 2.24) is 0 Å². The average Bonchev–Trinajstić information content (AvgIpc) is 2.35. The van der Waals surface area contributed by atoms with Crippen molar-refractivity contribution in [3.8, 4) is 0 Å². The van der Waals surface area contributed by atoms with Gasteiger partial charge in [0, 0.05) is 21.1 Å². The van der Waals surface area contributed by atoms with Gasteiger partial charge in [-0.15, -0.1) is 0 Å². The van der Waals surface area contributed by atoms with Crippen LogP contribution in [0.3, 0.4) is 0 Å². The minimum atomic E-state index is -0.620. The van der Waals surface area contributed by atoms with Gasteiger partial charge in [0.15, 0.2) is 0 Å². The van der Waals surface area contributed by atoms with Crippen LogP contribution in [0.25, 0.3) is 0 Å². The van der Waals surface area contributed by atoms with Crippen LogP contribution in [0, 0.1) is 11.6 Å². The van der Waals surface area contributed by atoms with Gasteiger partial charge in [0.2, 0.25) is 0 Å². The highest BCUT2D eigenvalue weighted by Crippen LogP contribution is 2.31. The summed E-state index contributed by atoms with van der Waals surface area (Å²) in [6.45, 7) is 1.91. The van der Waals surface area contributed by atoms with Gasteiger partial charge in [0.1, 0.15) is 11.6 Å². The van der Waals surface area contributed by atoms with E-state index < -0.39 is 11.6 Å². The van der Waals surface area contributed by atoms with Gasteiger partial charge in [0.05, 0.1) is 10.2 Å². The zero-order valence-electron chi connectivity index (χ0n) is 10.4. The third-order valence-corrected chi connectivity index (χ3v) is 4.60. The van der Waals surface area contributed by atoms with Crippen molar-refractivity contribution in [3.63, 3.8) is 0 Å². The lowest BCUT2D eigenvalue weighted by Crippen LogP contribution is -2.09. The molecule has 1 N–H and O–H groups in total. The van der Waals surface area contributed by atoms with Crippen LogP contribution in [-0.4, -0.2) is 0 Å². The first kappa shape index (κ1) is 15.9. The number of hydrogen-bond donors (Lipinski definition) is 1. The highest BCUT2D eigenvalue weighted by atomic mass is 79.9. The summed E-state index contributed by atoms with van der Waals surface area (Å²) in [5.74, 6) is -1.24. The van der Waals surface area contributed by atoms with E-state index in [1.54, 1.807) is 0 Å². The highest BCUT2D eigenvalue weighted by molar-refractivity contribution is 9.11. The minimum Gasteiger partial charge on any atom is -0.376 e. The van der Waals surface area contributed by atoms with Crippen molar-refractivity contribution in [3.05, 3.63) is 60.9 Å². The number of rotatable bonds is 3.